The fourth-order valence-electron chi connectivity index (χ4n) is 2.80. The standard InChI is InChI=1S/C16H23NO4/c1-19-14-6-7-15(20-2)13(9-14)11-17-8-4-5-12(10-17)16(18)21-3/h6-7,9,12H,4-5,8,10-11H2,1-3H3/t12-/m0/s1. The van der Waals surface area contributed by atoms with E-state index in [2.05, 4.69) is 4.90 Å². The summed E-state index contributed by atoms with van der Waals surface area (Å²) in [6, 6.07) is 5.78. The zero-order valence-electron chi connectivity index (χ0n) is 12.9. The number of hydrogen-bond acceptors (Lipinski definition) is 5. The molecule has 1 atom stereocenters. The van der Waals surface area contributed by atoms with Gasteiger partial charge in [0.05, 0.1) is 27.2 Å². The number of rotatable bonds is 5. The minimum atomic E-state index is -0.114. The quantitative estimate of drug-likeness (QED) is 0.778. The number of esters is 1. The third kappa shape index (κ3) is 3.88. The van der Waals surface area contributed by atoms with E-state index in [1.54, 1.807) is 14.2 Å². The van der Waals surface area contributed by atoms with Crippen LogP contribution < -0.4 is 9.47 Å². The number of methoxy groups -OCH3 is 3. The molecular formula is C16H23NO4. The normalized spacial score (nSPS) is 19.1. The van der Waals surface area contributed by atoms with E-state index in [0.29, 0.717) is 0 Å². The largest absolute Gasteiger partial charge is 0.497 e. The molecule has 0 amide bonds. The fraction of sp³-hybridized carbons (Fsp3) is 0.562. The first-order chi connectivity index (χ1) is 10.2. The molecule has 1 saturated heterocycles. The van der Waals surface area contributed by atoms with Gasteiger partial charge in [-0.1, -0.05) is 0 Å². The molecule has 0 aromatic heterocycles. The third-order valence-corrected chi connectivity index (χ3v) is 3.92. The van der Waals surface area contributed by atoms with Crippen molar-refractivity contribution < 1.29 is 19.0 Å². The van der Waals surface area contributed by atoms with Crippen LogP contribution in [0.2, 0.25) is 0 Å². The third-order valence-electron chi connectivity index (χ3n) is 3.92. The van der Waals surface area contributed by atoms with Gasteiger partial charge in [-0.3, -0.25) is 9.69 Å². The van der Waals surface area contributed by atoms with E-state index in [4.69, 9.17) is 14.2 Å². The Balaban J connectivity index is 2.08. The molecule has 5 nitrogen and oxygen atoms in total. The number of carbonyl (C=O) groups excluding carboxylic acids is 1. The van der Waals surface area contributed by atoms with Crippen molar-refractivity contribution >= 4 is 5.97 Å². The summed E-state index contributed by atoms with van der Waals surface area (Å²) in [5, 5.41) is 0. The van der Waals surface area contributed by atoms with E-state index in [1.165, 1.54) is 7.11 Å². The van der Waals surface area contributed by atoms with Crippen LogP contribution in [0.15, 0.2) is 18.2 Å². The van der Waals surface area contributed by atoms with Crippen LogP contribution in [0.3, 0.4) is 0 Å². The van der Waals surface area contributed by atoms with Gasteiger partial charge in [-0.15, -0.1) is 0 Å². The molecule has 1 aromatic carbocycles. The van der Waals surface area contributed by atoms with Crippen LogP contribution in [0.1, 0.15) is 18.4 Å². The van der Waals surface area contributed by atoms with Crippen LogP contribution in [0.5, 0.6) is 11.5 Å². The maximum atomic E-state index is 11.7. The molecule has 21 heavy (non-hydrogen) atoms. The van der Waals surface area contributed by atoms with Crippen LogP contribution in [-0.4, -0.2) is 45.3 Å². The molecule has 0 aliphatic carbocycles. The zero-order chi connectivity index (χ0) is 15.2. The first kappa shape index (κ1) is 15.6. The lowest BCUT2D eigenvalue weighted by Gasteiger charge is -2.31. The van der Waals surface area contributed by atoms with Crippen molar-refractivity contribution in [1.82, 2.24) is 4.90 Å². The number of piperidine rings is 1. The number of ether oxygens (including phenoxy) is 3. The van der Waals surface area contributed by atoms with Gasteiger partial charge < -0.3 is 14.2 Å². The van der Waals surface area contributed by atoms with Gasteiger partial charge >= 0.3 is 5.97 Å². The van der Waals surface area contributed by atoms with Crippen molar-refractivity contribution in [2.45, 2.75) is 19.4 Å². The van der Waals surface area contributed by atoms with Gasteiger partial charge in [-0.2, -0.15) is 0 Å². The molecule has 1 fully saturated rings. The van der Waals surface area contributed by atoms with E-state index in [-0.39, 0.29) is 11.9 Å². The van der Waals surface area contributed by atoms with Crippen molar-refractivity contribution in [3.05, 3.63) is 23.8 Å². The van der Waals surface area contributed by atoms with Crippen LogP contribution in [-0.2, 0) is 16.1 Å². The first-order valence-electron chi connectivity index (χ1n) is 7.19. The molecule has 1 heterocycles. The van der Waals surface area contributed by atoms with Gasteiger partial charge in [-0.25, -0.2) is 0 Å². The van der Waals surface area contributed by atoms with Crippen molar-refractivity contribution in [2.75, 3.05) is 34.4 Å². The topological polar surface area (TPSA) is 48.0 Å². The second-order valence-corrected chi connectivity index (χ2v) is 5.28. The van der Waals surface area contributed by atoms with Crippen molar-refractivity contribution in [2.24, 2.45) is 5.92 Å². The Labute approximate surface area is 125 Å². The monoisotopic (exact) mass is 293 g/mol. The molecule has 0 spiro atoms. The summed E-state index contributed by atoms with van der Waals surface area (Å²) < 4.78 is 15.5. The summed E-state index contributed by atoms with van der Waals surface area (Å²) in [7, 11) is 4.77. The summed E-state index contributed by atoms with van der Waals surface area (Å²) in [6.07, 6.45) is 1.91. The predicted molar refractivity (Wildman–Crippen MR) is 79.6 cm³/mol. The van der Waals surface area contributed by atoms with Gasteiger partial charge in [0.15, 0.2) is 0 Å². The van der Waals surface area contributed by atoms with E-state index < -0.39 is 0 Å². The maximum absolute atomic E-state index is 11.7. The van der Waals surface area contributed by atoms with E-state index in [0.717, 1.165) is 49.5 Å². The highest BCUT2D eigenvalue weighted by atomic mass is 16.5. The zero-order valence-corrected chi connectivity index (χ0v) is 12.9. The number of likely N-dealkylation sites (tertiary alicyclic amines) is 1. The summed E-state index contributed by atoms with van der Waals surface area (Å²) in [5.74, 6) is 1.51. The molecule has 2 rings (SSSR count). The van der Waals surface area contributed by atoms with Gasteiger partial charge in [0.1, 0.15) is 11.5 Å². The van der Waals surface area contributed by atoms with Gasteiger partial charge in [0, 0.05) is 18.7 Å². The Bertz CT molecular complexity index is 489. The van der Waals surface area contributed by atoms with Crippen LogP contribution in [0, 0.1) is 5.92 Å². The van der Waals surface area contributed by atoms with Crippen molar-refractivity contribution in [3.63, 3.8) is 0 Å². The number of nitrogens with zero attached hydrogens (tertiary/aromatic N) is 1. The van der Waals surface area contributed by atoms with E-state index in [9.17, 15) is 4.79 Å². The molecule has 5 heteroatoms. The molecule has 0 bridgehead atoms. The molecule has 0 radical (unpaired) electrons. The van der Waals surface area contributed by atoms with Crippen molar-refractivity contribution in [3.8, 4) is 11.5 Å². The Kier molecular flexibility index (Phi) is 5.44. The highest BCUT2D eigenvalue weighted by Crippen LogP contribution is 2.27. The summed E-state index contributed by atoms with van der Waals surface area (Å²) in [5.41, 5.74) is 1.07. The van der Waals surface area contributed by atoms with Gasteiger partial charge in [0.25, 0.3) is 0 Å². The molecule has 1 aliphatic rings. The average Bonchev–Trinajstić information content (AvgIpc) is 2.54. The van der Waals surface area contributed by atoms with E-state index in [1.807, 2.05) is 18.2 Å². The number of carbonyl (C=O) groups is 1. The van der Waals surface area contributed by atoms with Gasteiger partial charge in [-0.05, 0) is 37.6 Å². The lowest BCUT2D eigenvalue weighted by molar-refractivity contribution is -0.147. The smallest absolute Gasteiger partial charge is 0.309 e. The SMILES string of the molecule is COC(=O)[C@H]1CCCN(Cc2cc(OC)ccc2OC)C1. The lowest BCUT2D eigenvalue weighted by atomic mass is 9.97. The predicted octanol–water partition coefficient (Wildman–Crippen LogP) is 2.09. The average molecular weight is 293 g/mol. The second-order valence-electron chi connectivity index (χ2n) is 5.28. The summed E-state index contributed by atoms with van der Waals surface area (Å²) in [6.45, 7) is 2.45. The van der Waals surface area contributed by atoms with Gasteiger partial charge in [0.2, 0.25) is 0 Å². The Morgan fingerprint density at radius 3 is 2.76 bits per heavy atom. The Morgan fingerprint density at radius 1 is 1.29 bits per heavy atom. The fourth-order valence-corrected chi connectivity index (χ4v) is 2.80. The highest BCUT2D eigenvalue weighted by molar-refractivity contribution is 5.72. The molecule has 1 aromatic rings. The van der Waals surface area contributed by atoms with Crippen molar-refractivity contribution in [1.29, 1.82) is 0 Å². The number of benzene rings is 1. The minimum Gasteiger partial charge on any atom is -0.497 e. The highest BCUT2D eigenvalue weighted by Gasteiger charge is 2.26. The lowest BCUT2D eigenvalue weighted by Crippen LogP contribution is -2.38. The Hall–Kier alpha value is -1.75. The molecular weight excluding hydrogens is 270 g/mol. The molecule has 0 N–H and O–H groups in total. The molecule has 1 aliphatic heterocycles. The maximum Gasteiger partial charge on any atom is 0.309 e. The summed E-state index contributed by atoms with van der Waals surface area (Å²) in [4.78, 5) is 14.0. The van der Waals surface area contributed by atoms with E-state index >= 15 is 0 Å². The van der Waals surface area contributed by atoms with Crippen LogP contribution >= 0.6 is 0 Å². The number of hydrogen-bond donors (Lipinski definition) is 0. The molecule has 0 saturated carbocycles. The van der Waals surface area contributed by atoms with Crippen LogP contribution in [0.4, 0.5) is 0 Å². The van der Waals surface area contributed by atoms with Crippen LogP contribution in [0.25, 0.3) is 0 Å². The second kappa shape index (κ2) is 7.31. The first-order valence-corrected chi connectivity index (χ1v) is 7.19. The Morgan fingerprint density at radius 2 is 2.10 bits per heavy atom. The minimum absolute atomic E-state index is 0.0275. The molecule has 116 valence electrons. The molecule has 0 unspecified atom stereocenters. The summed E-state index contributed by atoms with van der Waals surface area (Å²) >= 11 is 0.